The Bertz CT molecular complexity index is 143. The zero-order valence-corrected chi connectivity index (χ0v) is 9.77. The van der Waals surface area contributed by atoms with Gasteiger partial charge < -0.3 is 25.0 Å². The van der Waals surface area contributed by atoms with Gasteiger partial charge in [0.15, 0.2) is 0 Å². The molecule has 0 aliphatic carbocycles. The lowest BCUT2D eigenvalue weighted by molar-refractivity contribution is 0.00397. The monoisotopic (exact) mass is 221 g/mol. The van der Waals surface area contributed by atoms with Crippen LogP contribution in [-0.4, -0.2) is 61.9 Å². The number of aliphatic hydroxyl groups is 2. The number of rotatable bonds is 9. The maximum absolute atomic E-state index is 9.44. The van der Waals surface area contributed by atoms with Crippen molar-refractivity contribution in [2.75, 3.05) is 33.4 Å². The highest BCUT2D eigenvalue weighted by Crippen LogP contribution is 1.91. The average Bonchev–Trinajstić information content (AvgIpc) is 2.15. The third-order valence-corrected chi connectivity index (χ3v) is 1.74. The van der Waals surface area contributed by atoms with Crippen LogP contribution >= 0.6 is 0 Å². The summed E-state index contributed by atoms with van der Waals surface area (Å²) in [6.45, 7) is 5.27. The molecule has 0 aromatic heterocycles. The molecule has 0 heterocycles. The highest BCUT2D eigenvalue weighted by Gasteiger charge is 2.07. The predicted molar refractivity (Wildman–Crippen MR) is 57.8 cm³/mol. The zero-order valence-electron chi connectivity index (χ0n) is 9.77. The molecule has 0 bridgehead atoms. The molecule has 0 aromatic rings. The molecular weight excluding hydrogens is 198 g/mol. The van der Waals surface area contributed by atoms with E-state index in [0.29, 0.717) is 26.3 Å². The summed E-state index contributed by atoms with van der Waals surface area (Å²) < 4.78 is 9.99. The molecule has 15 heavy (non-hydrogen) atoms. The first-order valence-corrected chi connectivity index (χ1v) is 5.23. The Morgan fingerprint density at radius 2 is 1.60 bits per heavy atom. The van der Waals surface area contributed by atoms with Gasteiger partial charge >= 0.3 is 0 Å². The van der Waals surface area contributed by atoms with Crippen LogP contribution in [0, 0.1) is 0 Å². The van der Waals surface area contributed by atoms with Crippen LogP contribution in [0.5, 0.6) is 0 Å². The normalized spacial score (nSPS) is 15.6. The van der Waals surface area contributed by atoms with Crippen molar-refractivity contribution in [3.05, 3.63) is 0 Å². The molecule has 0 rings (SSSR count). The van der Waals surface area contributed by atoms with Crippen molar-refractivity contribution in [2.45, 2.75) is 32.2 Å². The van der Waals surface area contributed by atoms with Crippen LogP contribution in [0.3, 0.4) is 0 Å². The summed E-state index contributed by atoms with van der Waals surface area (Å²) in [5, 5.41) is 21.7. The second-order valence-corrected chi connectivity index (χ2v) is 3.80. The lowest BCUT2D eigenvalue weighted by Crippen LogP contribution is -2.37. The summed E-state index contributed by atoms with van der Waals surface area (Å²) in [5.74, 6) is 0. The minimum Gasteiger partial charge on any atom is -0.389 e. The molecule has 0 saturated carbocycles. The fourth-order valence-electron chi connectivity index (χ4n) is 1.03. The topological polar surface area (TPSA) is 71.0 Å². The van der Waals surface area contributed by atoms with Gasteiger partial charge in [-0.05, 0) is 13.8 Å². The molecule has 0 fully saturated rings. The molecule has 3 N–H and O–H groups in total. The number of hydrogen-bond acceptors (Lipinski definition) is 5. The van der Waals surface area contributed by atoms with Gasteiger partial charge in [-0.3, -0.25) is 0 Å². The van der Waals surface area contributed by atoms with E-state index in [1.54, 1.807) is 0 Å². The van der Waals surface area contributed by atoms with E-state index in [9.17, 15) is 10.2 Å². The quantitative estimate of drug-likeness (QED) is 0.483. The van der Waals surface area contributed by atoms with Gasteiger partial charge in [-0.2, -0.15) is 0 Å². The summed E-state index contributed by atoms with van der Waals surface area (Å²) >= 11 is 0. The summed E-state index contributed by atoms with van der Waals surface area (Å²) in [6.07, 6.45) is -0.950. The minimum absolute atomic E-state index is 0.124. The van der Waals surface area contributed by atoms with E-state index in [2.05, 4.69) is 5.32 Å². The lowest BCUT2D eigenvalue weighted by atomic mass is 10.3. The lowest BCUT2D eigenvalue weighted by Gasteiger charge is -2.15. The first-order chi connectivity index (χ1) is 7.06. The number of hydrogen-bond donors (Lipinski definition) is 3. The number of aliphatic hydroxyl groups excluding tert-OH is 2. The van der Waals surface area contributed by atoms with E-state index in [-0.39, 0.29) is 6.10 Å². The SMILES string of the molecule is COCC(O)CNCC(O)COC(C)C. The molecule has 0 aliphatic rings. The molecule has 0 aromatic carbocycles. The Morgan fingerprint density at radius 1 is 1.07 bits per heavy atom. The maximum Gasteiger partial charge on any atom is 0.0897 e. The Hall–Kier alpha value is -0.200. The Labute approximate surface area is 91.4 Å². The molecule has 0 aliphatic heterocycles. The number of methoxy groups -OCH3 is 1. The van der Waals surface area contributed by atoms with Crippen molar-refractivity contribution in [1.29, 1.82) is 0 Å². The van der Waals surface area contributed by atoms with Crippen LogP contribution in [0.15, 0.2) is 0 Å². The van der Waals surface area contributed by atoms with Gasteiger partial charge in [0.25, 0.3) is 0 Å². The van der Waals surface area contributed by atoms with Gasteiger partial charge in [-0.15, -0.1) is 0 Å². The molecule has 5 heteroatoms. The third-order valence-electron chi connectivity index (χ3n) is 1.74. The van der Waals surface area contributed by atoms with Crippen LogP contribution in [0.4, 0.5) is 0 Å². The van der Waals surface area contributed by atoms with Crippen molar-refractivity contribution < 1.29 is 19.7 Å². The summed E-state index contributed by atoms with van der Waals surface area (Å²) in [6, 6.07) is 0. The fraction of sp³-hybridized carbons (Fsp3) is 1.00. The van der Waals surface area contributed by atoms with E-state index in [0.717, 1.165) is 0 Å². The average molecular weight is 221 g/mol. The second kappa shape index (κ2) is 9.06. The Balaban J connectivity index is 3.34. The maximum atomic E-state index is 9.44. The van der Waals surface area contributed by atoms with Crippen LogP contribution in [0.1, 0.15) is 13.8 Å². The van der Waals surface area contributed by atoms with Crippen LogP contribution in [-0.2, 0) is 9.47 Å². The zero-order chi connectivity index (χ0) is 11.7. The standard InChI is InChI=1S/C10H23NO4/c1-8(2)15-7-10(13)5-11-4-9(12)6-14-3/h8-13H,4-7H2,1-3H3. The molecule has 0 radical (unpaired) electrons. The van der Waals surface area contributed by atoms with Gasteiger partial charge in [0, 0.05) is 20.2 Å². The van der Waals surface area contributed by atoms with Crippen molar-refractivity contribution >= 4 is 0 Å². The van der Waals surface area contributed by atoms with Gasteiger partial charge in [0.2, 0.25) is 0 Å². The Kier molecular flexibility index (Phi) is 8.94. The Morgan fingerprint density at radius 3 is 2.07 bits per heavy atom. The summed E-state index contributed by atoms with van der Waals surface area (Å²) in [7, 11) is 1.54. The van der Waals surface area contributed by atoms with Gasteiger partial charge in [0.05, 0.1) is 31.5 Å². The van der Waals surface area contributed by atoms with Crippen molar-refractivity contribution in [2.24, 2.45) is 0 Å². The van der Waals surface area contributed by atoms with Crippen molar-refractivity contribution in [1.82, 2.24) is 5.32 Å². The fourth-order valence-corrected chi connectivity index (χ4v) is 1.03. The van der Waals surface area contributed by atoms with E-state index in [4.69, 9.17) is 9.47 Å². The number of nitrogens with one attached hydrogen (secondary N) is 1. The highest BCUT2D eigenvalue weighted by molar-refractivity contribution is 4.63. The molecular formula is C10H23NO4. The van der Waals surface area contributed by atoms with Gasteiger partial charge in [0.1, 0.15) is 0 Å². The molecule has 2 unspecified atom stereocenters. The van der Waals surface area contributed by atoms with Crippen molar-refractivity contribution in [3.63, 3.8) is 0 Å². The minimum atomic E-state index is -0.540. The molecule has 5 nitrogen and oxygen atoms in total. The largest absolute Gasteiger partial charge is 0.389 e. The highest BCUT2D eigenvalue weighted by atomic mass is 16.5. The van der Waals surface area contributed by atoms with Crippen molar-refractivity contribution in [3.8, 4) is 0 Å². The van der Waals surface area contributed by atoms with Gasteiger partial charge in [-0.25, -0.2) is 0 Å². The van der Waals surface area contributed by atoms with E-state index < -0.39 is 12.2 Å². The van der Waals surface area contributed by atoms with E-state index in [1.165, 1.54) is 7.11 Å². The second-order valence-electron chi connectivity index (χ2n) is 3.80. The van der Waals surface area contributed by atoms with Crippen LogP contribution < -0.4 is 5.32 Å². The predicted octanol–water partition coefficient (Wildman–Crippen LogP) is -0.631. The molecule has 0 saturated heterocycles. The molecule has 0 spiro atoms. The molecule has 2 atom stereocenters. The van der Waals surface area contributed by atoms with Crippen LogP contribution in [0.25, 0.3) is 0 Å². The first kappa shape index (κ1) is 14.8. The molecule has 92 valence electrons. The summed E-state index contributed by atoms with van der Waals surface area (Å²) in [4.78, 5) is 0. The van der Waals surface area contributed by atoms with E-state index >= 15 is 0 Å². The number of ether oxygens (including phenoxy) is 2. The summed E-state index contributed by atoms with van der Waals surface area (Å²) in [5.41, 5.74) is 0. The first-order valence-electron chi connectivity index (χ1n) is 5.23. The smallest absolute Gasteiger partial charge is 0.0897 e. The third kappa shape index (κ3) is 10.1. The van der Waals surface area contributed by atoms with E-state index in [1.807, 2.05) is 13.8 Å². The van der Waals surface area contributed by atoms with Gasteiger partial charge in [-0.1, -0.05) is 0 Å². The molecule has 0 amide bonds. The van der Waals surface area contributed by atoms with Crippen LogP contribution in [0.2, 0.25) is 0 Å².